The molecule has 4 rings (SSSR count). The maximum absolute atomic E-state index is 14.6. The minimum absolute atomic E-state index is 0.319. The Hall–Kier alpha value is -2.39. The third-order valence-corrected chi connectivity index (χ3v) is 5.66. The van der Waals surface area contributed by atoms with E-state index >= 15 is 0 Å². The number of hydrogen-bond acceptors (Lipinski definition) is 5. The average Bonchev–Trinajstić information content (AvgIpc) is 3.26. The van der Waals surface area contributed by atoms with Gasteiger partial charge in [-0.2, -0.15) is 0 Å². The first kappa shape index (κ1) is 17.0. The minimum Gasteiger partial charge on any atom is -0.616 e. The van der Waals surface area contributed by atoms with Gasteiger partial charge in [-0.15, -0.1) is 5.10 Å². The third-order valence-electron chi connectivity index (χ3n) is 4.46. The topological polar surface area (TPSA) is 83.3 Å². The maximum atomic E-state index is 14.6. The molecule has 1 fully saturated rings. The molecule has 26 heavy (non-hydrogen) atoms. The van der Waals surface area contributed by atoms with Crippen LogP contribution in [0.4, 0.5) is 14.9 Å². The molecule has 0 radical (unpaired) electrons. The van der Waals surface area contributed by atoms with Gasteiger partial charge in [0.25, 0.3) is 0 Å². The number of rotatable bonds is 4. The second-order valence-electron chi connectivity index (χ2n) is 6.20. The van der Waals surface area contributed by atoms with Crippen LogP contribution >= 0.6 is 0 Å². The molecule has 1 aromatic carbocycles. The molecule has 3 heterocycles. The summed E-state index contributed by atoms with van der Waals surface area (Å²) in [6.45, 7) is 0.714. The molecule has 1 amide bonds. The molecule has 7 nitrogen and oxygen atoms in total. The molecule has 2 aliphatic heterocycles. The van der Waals surface area contributed by atoms with Crippen LogP contribution in [0.3, 0.4) is 0 Å². The number of benzene rings is 1. The van der Waals surface area contributed by atoms with E-state index in [2.05, 4.69) is 10.3 Å². The average molecular weight is 376 g/mol. The van der Waals surface area contributed by atoms with Gasteiger partial charge in [0.2, 0.25) is 0 Å². The lowest BCUT2D eigenvalue weighted by molar-refractivity contribution is 0.129. The monoisotopic (exact) mass is 376 g/mol. The first-order chi connectivity index (χ1) is 12.6. The quantitative estimate of drug-likeness (QED) is 0.762. The van der Waals surface area contributed by atoms with Crippen LogP contribution in [0.15, 0.2) is 36.7 Å². The van der Waals surface area contributed by atoms with E-state index in [9.17, 15) is 13.7 Å². The summed E-state index contributed by atoms with van der Waals surface area (Å²) in [5.41, 5.74) is 1.82. The van der Waals surface area contributed by atoms with E-state index in [1.54, 1.807) is 29.2 Å². The lowest BCUT2D eigenvalue weighted by atomic mass is 10.0. The van der Waals surface area contributed by atoms with Gasteiger partial charge in [-0.25, -0.2) is 13.9 Å². The first-order valence-electron chi connectivity index (χ1n) is 8.26. The Labute approximate surface area is 152 Å². The number of halogens is 1. The molecule has 0 saturated carbocycles. The lowest BCUT2D eigenvalue weighted by Gasteiger charge is -2.19. The van der Waals surface area contributed by atoms with Crippen molar-refractivity contribution in [1.29, 1.82) is 0 Å². The summed E-state index contributed by atoms with van der Waals surface area (Å²) in [6, 6.07) is 4.73. The van der Waals surface area contributed by atoms with Crippen LogP contribution in [0.1, 0.15) is 12.0 Å². The number of allylic oxidation sites excluding steroid dienone is 1. The van der Waals surface area contributed by atoms with E-state index in [1.807, 2.05) is 6.08 Å². The third kappa shape index (κ3) is 3.45. The summed E-state index contributed by atoms with van der Waals surface area (Å²) >= 11 is -0.850. The fraction of sp³-hybridized carbons (Fsp3) is 0.353. The Morgan fingerprint density at radius 3 is 3.00 bits per heavy atom. The van der Waals surface area contributed by atoms with Crippen LogP contribution < -0.4 is 4.90 Å². The normalized spacial score (nSPS) is 23.1. The number of hydrogen-bond donors (Lipinski definition) is 0. The number of aromatic nitrogens is 3. The van der Waals surface area contributed by atoms with Crippen molar-refractivity contribution in [3.8, 4) is 0 Å². The molecule has 1 unspecified atom stereocenters. The molecule has 0 N–H and O–H groups in total. The first-order valence-corrected chi connectivity index (χ1v) is 9.75. The number of cyclic esters (lactones) is 1. The van der Waals surface area contributed by atoms with Crippen LogP contribution in [-0.2, 0) is 22.5 Å². The highest BCUT2D eigenvalue weighted by atomic mass is 32.2. The van der Waals surface area contributed by atoms with Crippen molar-refractivity contribution in [3.05, 3.63) is 48.0 Å². The molecule has 2 aromatic rings. The van der Waals surface area contributed by atoms with Gasteiger partial charge in [0.05, 0.1) is 25.0 Å². The van der Waals surface area contributed by atoms with E-state index in [4.69, 9.17) is 4.74 Å². The van der Waals surface area contributed by atoms with Crippen molar-refractivity contribution in [2.24, 2.45) is 0 Å². The van der Waals surface area contributed by atoms with Crippen LogP contribution in [0.25, 0.3) is 5.57 Å². The summed E-state index contributed by atoms with van der Waals surface area (Å²) in [5.74, 6) is 0.614. The van der Waals surface area contributed by atoms with Gasteiger partial charge < -0.3 is 9.29 Å². The van der Waals surface area contributed by atoms with Crippen molar-refractivity contribution >= 4 is 28.5 Å². The van der Waals surface area contributed by atoms with Crippen molar-refractivity contribution in [2.75, 3.05) is 23.0 Å². The Morgan fingerprint density at radius 2 is 2.31 bits per heavy atom. The summed E-state index contributed by atoms with van der Waals surface area (Å²) in [7, 11) is 0. The van der Waals surface area contributed by atoms with Gasteiger partial charge in [0.1, 0.15) is 23.4 Å². The second kappa shape index (κ2) is 7.08. The number of amides is 1. The van der Waals surface area contributed by atoms with E-state index in [0.29, 0.717) is 42.3 Å². The van der Waals surface area contributed by atoms with E-state index in [0.717, 1.165) is 5.57 Å². The van der Waals surface area contributed by atoms with E-state index in [1.165, 1.54) is 11.0 Å². The van der Waals surface area contributed by atoms with E-state index in [-0.39, 0.29) is 6.10 Å². The molecule has 0 spiro atoms. The van der Waals surface area contributed by atoms with Crippen molar-refractivity contribution in [1.82, 2.24) is 15.0 Å². The van der Waals surface area contributed by atoms with Crippen molar-refractivity contribution in [2.45, 2.75) is 19.1 Å². The zero-order valence-corrected chi connectivity index (χ0v) is 14.7. The van der Waals surface area contributed by atoms with Crippen molar-refractivity contribution in [3.63, 3.8) is 0 Å². The number of anilines is 1. The lowest BCUT2D eigenvalue weighted by Crippen LogP contribution is -2.26. The molecule has 0 aliphatic carbocycles. The fourth-order valence-corrected chi connectivity index (χ4v) is 4.15. The van der Waals surface area contributed by atoms with Crippen LogP contribution in [0, 0.1) is 5.82 Å². The van der Waals surface area contributed by atoms with Gasteiger partial charge in [0, 0.05) is 18.2 Å². The number of nitrogens with zero attached hydrogens (tertiary/aromatic N) is 4. The molecular formula is C17H17FN4O3S. The summed E-state index contributed by atoms with van der Waals surface area (Å²) in [5, 5.41) is 7.57. The number of carbonyl (C=O) groups is 1. The Kier molecular flexibility index (Phi) is 4.64. The highest BCUT2D eigenvalue weighted by Crippen LogP contribution is 2.30. The van der Waals surface area contributed by atoms with Crippen LogP contribution in [0.2, 0.25) is 0 Å². The fourth-order valence-electron chi connectivity index (χ4n) is 3.15. The molecule has 9 heteroatoms. The van der Waals surface area contributed by atoms with E-state index < -0.39 is 23.1 Å². The zero-order chi connectivity index (χ0) is 18.1. The maximum Gasteiger partial charge on any atom is 0.414 e. The predicted molar refractivity (Wildman–Crippen MR) is 94.5 cm³/mol. The standard InChI is InChI=1S/C17H17FN4O3S/c18-16-9-13(1-2-15(16)12-3-7-26(24)8-4-12)22-11-14(25-17(22)23)10-21-6-5-19-20-21/h1-3,5-6,9,14H,4,7-8,10-11H2/t14-,26?/m0/s1. The summed E-state index contributed by atoms with van der Waals surface area (Å²) in [6.07, 6.45) is 4.79. The van der Waals surface area contributed by atoms with Gasteiger partial charge in [-0.3, -0.25) is 4.90 Å². The second-order valence-corrected chi connectivity index (χ2v) is 7.82. The highest BCUT2D eigenvalue weighted by Gasteiger charge is 2.33. The summed E-state index contributed by atoms with van der Waals surface area (Å²) in [4.78, 5) is 13.6. The highest BCUT2D eigenvalue weighted by molar-refractivity contribution is 7.91. The largest absolute Gasteiger partial charge is 0.616 e. The minimum atomic E-state index is -0.850. The molecule has 2 aliphatic rings. The number of ether oxygens (including phenoxy) is 1. The van der Waals surface area contributed by atoms with Gasteiger partial charge >= 0.3 is 6.09 Å². The van der Waals surface area contributed by atoms with Gasteiger partial charge in [-0.1, -0.05) is 5.21 Å². The summed E-state index contributed by atoms with van der Waals surface area (Å²) < 4.78 is 33.0. The molecular weight excluding hydrogens is 359 g/mol. The van der Waals surface area contributed by atoms with Gasteiger partial charge in [-0.05, 0) is 41.0 Å². The number of carbonyl (C=O) groups excluding carboxylic acids is 1. The smallest absolute Gasteiger partial charge is 0.414 e. The van der Waals surface area contributed by atoms with Crippen LogP contribution in [-0.4, -0.2) is 49.8 Å². The molecule has 1 saturated heterocycles. The molecule has 136 valence electrons. The molecule has 2 atom stereocenters. The predicted octanol–water partition coefficient (Wildman–Crippen LogP) is 1.98. The zero-order valence-electron chi connectivity index (χ0n) is 13.9. The Morgan fingerprint density at radius 1 is 1.42 bits per heavy atom. The van der Waals surface area contributed by atoms with Crippen molar-refractivity contribution < 1.29 is 18.5 Å². The molecule has 0 bridgehead atoms. The van der Waals surface area contributed by atoms with Gasteiger partial charge in [0.15, 0.2) is 0 Å². The van der Waals surface area contributed by atoms with Crippen LogP contribution in [0.5, 0.6) is 0 Å². The Bertz CT molecular complexity index is 843. The molecule has 1 aromatic heterocycles. The SMILES string of the molecule is O=C1O[C@@H](Cn2ccnn2)CN1c1ccc(C2=CC[S+]([O-])CC2)c(F)c1. The Balaban J connectivity index is 1.49.